The Morgan fingerprint density at radius 2 is 1.82 bits per heavy atom. The highest BCUT2D eigenvalue weighted by atomic mass is 16.2. The molecule has 0 saturated carbocycles. The first-order chi connectivity index (χ1) is 10.6. The summed E-state index contributed by atoms with van der Waals surface area (Å²) in [5.74, 6) is -0.356. The van der Waals surface area contributed by atoms with Crippen LogP contribution in [0.3, 0.4) is 0 Å². The molecule has 4 heteroatoms. The summed E-state index contributed by atoms with van der Waals surface area (Å²) in [7, 11) is 0. The summed E-state index contributed by atoms with van der Waals surface area (Å²) >= 11 is 0. The monoisotopic (exact) mass is 294 g/mol. The van der Waals surface area contributed by atoms with E-state index in [0.29, 0.717) is 5.69 Å². The predicted octanol–water partition coefficient (Wildman–Crippen LogP) is 3.05. The number of anilines is 2. The summed E-state index contributed by atoms with van der Waals surface area (Å²) in [5.41, 5.74) is 3.56. The van der Waals surface area contributed by atoms with Crippen molar-refractivity contribution in [2.45, 2.75) is 26.3 Å². The van der Waals surface area contributed by atoms with E-state index in [2.05, 4.69) is 5.32 Å². The lowest BCUT2D eigenvalue weighted by molar-refractivity contribution is -0.121. The fourth-order valence-corrected chi connectivity index (χ4v) is 2.75. The maximum Gasteiger partial charge on any atom is 0.256 e. The Morgan fingerprint density at radius 3 is 2.55 bits per heavy atom. The molecule has 0 bridgehead atoms. The standard InChI is InChI=1S/C18H18N2O2/c1-12-6-5-8-14(10-12)19-15-11-17(21)20(18(15)22)16-9-4-3-7-13(16)2/h3-10,15,19H,11H2,1-2H3/t15-/m0/s1. The Morgan fingerprint density at radius 1 is 1.05 bits per heavy atom. The number of hydrogen-bond acceptors (Lipinski definition) is 3. The number of nitrogens with zero attached hydrogens (tertiary/aromatic N) is 1. The summed E-state index contributed by atoms with van der Waals surface area (Å²) in [6.45, 7) is 3.89. The van der Waals surface area contributed by atoms with Crippen LogP contribution < -0.4 is 10.2 Å². The van der Waals surface area contributed by atoms with Crippen molar-refractivity contribution in [2.24, 2.45) is 0 Å². The number of nitrogens with one attached hydrogen (secondary N) is 1. The minimum Gasteiger partial charge on any atom is -0.373 e. The van der Waals surface area contributed by atoms with Crippen LogP contribution in [0.15, 0.2) is 48.5 Å². The highest BCUT2D eigenvalue weighted by Gasteiger charge is 2.39. The molecule has 2 aromatic rings. The van der Waals surface area contributed by atoms with Gasteiger partial charge in [0.15, 0.2) is 0 Å². The lowest BCUT2D eigenvalue weighted by Gasteiger charge is -2.18. The Kier molecular flexibility index (Phi) is 3.67. The van der Waals surface area contributed by atoms with Gasteiger partial charge in [-0.2, -0.15) is 0 Å². The SMILES string of the molecule is Cc1cccc(N[C@H]2CC(=O)N(c3ccccc3C)C2=O)c1. The largest absolute Gasteiger partial charge is 0.373 e. The molecular formula is C18H18N2O2. The summed E-state index contributed by atoms with van der Waals surface area (Å²) < 4.78 is 0. The molecule has 1 saturated heterocycles. The van der Waals surface area contributed by atoms with Gasteiger partial charge in [0, 0.05) is 5.69 Å². The van der Waals surface area contributed by atoms with Gasteiger partial charge >= 0.3 is 0 Å². The quantitative estimate of drug-likeness (QED) is 0.885. The van der Waals surface area contributed by atoms with Gasteiger partial charge in [0.05, 0.1) is 12.1 Å². The third-order valence-corrected chi connectivity index (χ3v) is 3.86. The molecule has 3 rings (SSSR count). The van der Waals surface area contributed by atoms with Crippen LogP contribution in [-0.2, 0) is 9.59 Å². The lowest BCUT2D eigenvalue weighted by Crippen LogP contribution is -2.35. The van der Waals surface area contributed by atoms with Crippen LogP contribution in [0.5, 0.6) is 0 Å². The van der Waals surface area contributed by atoms with Crippen LogP contribution in [0, 0.1) is 13.8 Å². The van der Waals surface area contributed by atoms with Gasteiger partial charge in [0.1, 0.15) is 6.04 Å². The smallest absolute Gasteiger partial charge is 0.256 e. The first kappa shape index (κ1) is 14.3. The van der Waals surface area contributed by atoms with E-state index >= 15 is 0 Å². The van der Waals surface area contributed by atoms with Crippen LogP contribution in [0.2, 0.25) is 0 Å². The first-order valence-electron chi connectivity index (χ1n) is 7.32. The molecule has 1 heterocycles. The van der Waals surface area contributed by atoms with Crippen LogP contribution in [0.1, 0.15) is 17.5 Å². The average molecular weight is 294 g/mol. The molecule has 22 heavy (non-hydrogen) atoms. The summed E-state index contributed by atoms with van der Waals surface area (Å²) in [4.78, 5) is 26.2. The number of carbonyl (C=O) groups is 2. The number of para-hydroxylation sites is 1. The molecule has 1 aliphatic rings. The van der Waals surface area contributed by atoms with Crippen molar-refractivity contribution in [3.63, 3.8) is 0 Å². The van der Waals surface area contributed by atoms with Gasteiger partial charge in [0.25, 0.3) is 5.91 Å². The third kappa shape index (κ3) is 2.60. The summed E-state index contributed by atoms with van der Waals surface area (Å²) in [5, 5.41) is 3.17. The zero-order valence-corrected chi connectivity index (χ0v) is 12.7. The zero-order valence-electron chi connectivity index (χ0n) is 12.7. The number of imide groups is 1. The molecule has 0 radical (unpaired) electrons. The second kappa shape index (κ2) is 5.64. The minimum absolute atomic E-state index is 0.163. The Balaban J connectivity index is 1.84. The van der Waals surface area contributed by atoms with Gasteiger partial charge in [-0.05, 0) is 43.2 Å². The van der Waals surface area contributed by atoms with E-state index in [1.807, 2.05) is 56.3 Å². The molecule has 112 valence electrons. The molecule has 1 N–H and O–H groups in total. The van der Waals surface area contributed by atoms with Crippen molar-refractivity contribution in [3.8, 4) is 0 Å². The van der Waals surface area contributed by atoms with E-state index in [1.165, 1.54) is 4.90 Å². The first-order valence-corrected chi connectivity index (χ1v) is 7.32. The number of amides is 2. The number of carbonyl (C=O) groups excluding carboxylic acids is 2. The Bertz CT molecular complexity index is 739. The van der Waals surface area contributed by atoms with E-state index in [9.17, 15) is 9.59 Å². The summed E-state index contributed by atoms with van der Waals surface area (Å²) in [6.07, 6.45) is 0.182. The summed E-state index contributed by atoms with van der Waals surface area (Å²) in [6, 6.07) is 14.7. The van der Waals surface area contributed by atoms with Crippen molar-refractivity contribution in [1.29, 1.82) is 0 Å². The molecular weight excluding hydrogens is 276 g/mol. The molecule has 1 fully saturated rings. The molecule has 0 spiro atoms. The molecule has 1 atom stereocenters. The predicted molar refractivity (Wildman–Crippen MR) is 86.9 cm³/mol. The molecule has 0 unspecified atom stereocenters. The Labute approximate surface area is 129 Å². The second-order valence-electron chi connectivity index (χ2n) is 5.62. The fourth-order valence-electron chi connectivity index (χ4n) is 2.75. The molecule has 2 amide bonds. The topological polar surface area (TPSA) is 49.4 Å². The lowest BCUT2D eigenvalue weighted by atomic mass is 10.2. The molecule has 4 nitrogen and oxygen atoms in total. The van der Waals surface area contributed by atoms with E-state index in [1.54, 1.807) is 6.07 Å². The average Bonchev–Trinajstić information content (AvgIpc) is 2.74. The highest BCUT2D eigenvalue weighted by molar-refractivity contribution is 6.23. The third-order valence-electron chi connectivity index (χ3n) is 3.86. The van der Waals surface area contributed by atoms with Gasteiger partial charge in [0.2, 0.25) is 5.91 Å². The molecule has 2 aromatic carbocycles. The van der Waals surface area contributed by atoms with Crippen LogP contribution >= 0.6 is 0 Å². The van der Waals surface area contributed by atoms with Gasteiger partial charge < -0.3 is 5.32 Å². The van der Waals surface area contributed by atoms with E-state index < -0.39 is 6.04 Å². The van der Waals surface area contributed by atoms with Gasteiger partial charge in [-0.25, -0.2) is 4.90 Å². The number of rotatable bonds is 3. The number of benzene rings is 2. The van der Waals surface area contributed by atoms with Crippen molar-refractivity contribution < 1.29 is 9.59 Å². The van der Waals surface area contributed by atoms with Crippen molar-refractivity contribution in [3.05, 3.63) is 59.7 Å². The van der Waals surface area contributed by atoms with Gasteiger partial charge in [-0.15, -0.1) is 0 Å². The molecule has 1 aliphatic heterocycles. The van der Waals surface area contributed by atoms with E-state index in [4.69, 9.17) is 0 Å². The van der Waals surface area contributed by atoms with Gasteiger partial charge in [-0.1, -0.05) is 30.3 Å². The molecule has 0 aromatic heterocycles. The van der Waals surface area contributed by atoms with Gasteiger partial charge in [-0.3, -0.25) is 9.59 Å². The second-order valence-corrected chi connectivity index (χ2v) is 5.62. The fraction of sp³-hybridized carbons (Fsp3) is 0.222. The maximum absolute atomic E-state index is 12.6. The van der Waals surface area contributed by atoms with Crippen molar-refractivity contribution in [1.82, 2.24) is 0 Å². The Hall–Kier alpha value is -2.62. The maximum atomic E-state index is 12.6. The number of hydrogen-bond donors (Lipinski definition) is 1. The van der Waals surface area contributed by atoms with Crippen LogP contribution in [-0.4, -0.2) is 17.9 Å². The minimum atomic E-state index is -0.506. The number of aryl methyl sites for hydroxylation is 2. The highest BCUT2D eigenvalue weighted by Crippen LogP contribution is 2.27. The molecule has 0 aliphatic carbocycles. The van der Waals surface area contributed by atoms with Crippen LogP contribution in [0.4, 0.5) is 11.4 Å². The van der Waals surface area contributed by atoms with E-state index in [-0.39, 0.29) is 18.2 Å². The zero-order chi connectivity index (χ0) is 15.7. The van der Waals surface area contributed by atoms with Crippen molar-refractivity contribution >= 4 is 23.2 Å². The van der Waals surface area contributed by atoms with Crippen LogP contribution in [0.25, 0.3) is 0 Å². The van der Waals surface area contributed by atoms with E-state index in [0.717, 1.165) is 16.8 Å². The van der Waals surface area contributed by atoms with Crippen molar-refractivity contribution in [2.75, 3.05) is 10.2 Å². The normalized spacial score (nSPS) is 17.9.